The number of fused-ring (bicyclic) bond motifs is 1. The summed E-state index contributed by atoms with van der Waals surface area (Å²) >= 11 is 1.72. The van der Waals surface area contributed by atoms with Crippen LogP contribution in [0.3, 0.4) is 0 Å². The maximum absolute atomic E-state index is 13.3. The molecule has 6 heteroatoms. The van der Waals surface area contributed by atoms with Crippen LogP contribution >= 0.6 is 11.3 Å². The molecule has 24 heavy (non-hydrogen) atoms. The number of carbonyl (C=O) groups excluding carboxylic acids is 2. The van der Waals surface area contributed by atoms with Crippen LogP contribution in [-0.2, 0) is 16.1 Å². The zero-order valence-electron chi connectivity index (χ0n) is 14.2. The summed E-state index contributed by atoms with van der Waals surface area (Å²) in [5, 5.41) is 4.29. The molecule has 0 aromatic carbocycles. The van der Waals surface area contributed by atoms with E-state index in [1.54, 1.807) is 18.3 Å². The zero-order valence-corrected chi connectivity index (χ0v) is 15.1. The average molecular weight is 347 g/mol. The Kier molecular flexibility index (Phi) is 4.12. The maximum atomic E-state index is 13.3. The first-order valence-corrected chi connectivity index (χ1v) is 9.81. The number of likely N-dealkylation sites (tertiary alicyclic amines) is 3. The molecule has 0 bridgehead atoms. The predicted octanol–water partition coefficient (Wildman–Crippen LogP) is 1.65. The fourth-order valence-corrected chi connectivity index (χ4v) is 5.37. The Bertz CT molecular complexity index is 626. The van der Waals surface area contributed by atoms with E-state index in [-0.39, 0.29) is 17.2 Å². The Morgan fingerprint density at radius 1 is 1.21 bits per heavy atom. The molecule has 0 aliphatic carbocycles. The molecule has 0 radical (unpaired) electrons. The van der Waals surface area contributed by atoms with E-state index in [2.05, 4.69) is 21.7 Å². The summed E-state index contributed by atoms with van der Waals surface area (Å²) in [7, 11) is 0. The van der Waals surface area contributed by atoms with Crippen LogP contribution in [0.5, 0.6) is 0 Å². The van der Waals surface area contributed by atoms with Gasteiger partial charge >= 0.3 is 0 Å². The molecule has 0 unspecified atom stereocenters. The van der Waals surface area contributed by atoms with E-state index in [0.29, 0.717) is 12.5 Å². The topological polar surface area (TPSA) is 43.9 Å². The van der Waals surface area contributed by atoms with Crippen LogP contribution in [0.25, 0.3) is 0 Å². The summed E-state index contributed by atoms with van der Waals surface area (Å²) in [6, 6.07) is 2.16. The minimum atomic E-state index is -0.383. The van der Waals surface area contributed by atoms with Gasteiger partial charge in [0.15, 0.2) is 0 Å². The highest BCUT2D eigenvalue weighted by Crippen LogP contribution is 2.45. The van der Waals surface area contributed by atoms with Gasteiger partial charge in [-0.1, -0.05) is 0 Å². The summed E-state index contributed by atoms with van der Waals surface area (Å²) in [4.78, 5) is 31.6. The Hall–Kier alpha value is -1.40. The van der Waals surface area contributed by atoms with Gasteiger partial charge in [-0.05, 0) is 35.2 Å². The first-order chi connectivity index (χ1) is 11.6. The molecule has 4 rings (SSSR count). The van der Waals surface area contributed by atoms with E-state index >= 15 is 0 Å². The lowest BCUT2D eigenvalue weighted by atomic mass is 9.79. The maximum Gasteiger partial charge on any atom is 0.232 e. The first kappa shape index (κ1) is 16.1. The number of amides is 2. The first-order valence-electron chi connectivity index (χ1n) is 8.87. The van der Waals surface area contributed by atoms with E-state index in [4.69, 9.17) is 0 Å². The molecule has 3 saturated heterocycles. The molecular formula is C18H25N3O2S. The van der Waals surface area contributed by atoms with Gasteiger partial charge in [-0.2, -0.15) is 11.3 Å². The molecule has 0 N–H and O–H groups in total. The fourth-order valence-electron chi connectivity index (χ4n) is 4.71. The fraction of sp³-hybridized carbons (Fsp3) is 0.667. The molecule has 3 fully saturated rings. The average Bonchev–Trinajstić information content (AvgIpc) is 3.30. The third kappa shape index (κ3) is 2.65. The molecule has 3 aliphatic rings. The molecule has 0 saturated carbocycles. The smallest absolute Gasteiger partial charge is 0.232 e. The van der Waals surface area contributed by atoms with Crippen LogP contribution < -0.4 is 0 Å². The lowest BCUT2D eigenvalue weighted by Crippen LogP contribution is -2.49. The number of thiophene rings is 1. The minimum absolute atomic E-state index is 0.0994. The summed E-state index contributed by atoms with van der Waals surface area (Å²) in [6.45, 7) is 7.34. The molecule has 2 atom stereocenters. The molecular weight excluding hydrogens is 322 g/mol. The second-order valence-corrected chi connectivity index (χ2v) is 8.33. The van der Waals surface area contributed by atoms with Gasteiger partial charge in [0.1, 0.15) is 0 Å². The normalized spacial score (nSPS) is 30.1. The number of hydrogen-bond acceptors (Lipinski definition) is 4. The Morgan fingerprint density at radius 2 is 2.00 bits per heavy atom. The van der Waals surface area contributed by atoms with E-state index in [1.807, 2.05) is 9.80 Å². The van der Waals surface area contributed by atoms with Crippen LogP contribution in [0.4, 0.5) is 0 Å². The second kappa shape index (κ2) is 6.15. The number of nitrogens with zero attached hydrogens (tertiary/aromatic N) is 3. The summed E-state index contributed by atoms with van der Waals surface area (Å²) in [5.74, 6) is 0.664. The van der Waals surface area contributed by atoms with E-state index in [0.717, 1.165) is 52.1 Å². The van der Waals surface area contributed by atoms with Gasteiger partial charge in [-0.15, -0.1) is 0 Å². The highest BCUT2D eigenvalue weighted by Gasteiger charge is 2.58. The van der Waals surface area contributed by atoms with Crippen molar-refractivity contribution >= 4 is 23.2 Å². The van der Waals surface area contributed by atoms with Crippen molar-refractivity contribution in [2.24, 2.45) is 11.3 Å². The van der Waals surface area contributed by atoms with Crippen molar-refractivity contribution in [3.8, 4) is 0 Å². The van der Waals surface area contributed by atoms with Gasteiger partial charge in [-0.3, -0.25) is 14.5 Å². The molecule has 0 spiro atoms. The van der Waals surface area contributed by atoms with Crippen LogP contribution in [0.2, 0.25) is 0 Å². The molecule has 1 aromatic heterocycles. The van der Waals surface area contributed by atoms with Crippen molar-refractivity contribution in [1.82, 2.24) is 14.7 Å². The highest BCUT2D eigenvalue weighted by atomic mass is 32.1. The van der Waals surface area contributed by atoms with Crippen molar-refractivity contribution < 1.29 is 9.59 Å². The predicted molar refractivity (Wildman–Crippen MR) is 93.6 cm³/mol. The number of rotatable bonds is 3. The largest absolute Gasteiger partial charge is 0.342 e. The van der Waals surface area contributed by atoms with Gasteiger partial charge in [0.25, 0.3) is 0 Å². The van der Waals surface area contributed by atoms with Gasteiger partial charge in [0.2, 0.25) is 11.8 Å². The van der Waals surface area contributed by atoms with Gasteiger partial charge in [0, 0.05) is 58.7 Å². The lowest BCUT2D eigenvalue weighted by Gasteiger charge is -2.32. The molecule has 1 aromatic rings. The second-order valence-electron chi connectivity index (χ2n) is 7.55. The van der Waals surface area contributed by atoms with Crippen LogP contribution in [0.1, 0.15) is 25.3 Å². The van der Waals surface area contributed by atoms with Crippen molar-refractivity contribution in [1.29, 1.82) is 0 Å². The standard InChI is InChI=1S/C18H25N3O2S/c1-14(22)21-10-16-9-19(8-15-4-7-24-11-15)12-18(16,13-21)17(23)20-5-2-3-6-20/h4,7,11,16H,2-3,5-6,8-10,12-13H2,1H3/t16-,18-/m1/s1. The van der Waals surface area contributed by atoms with Crippen molar-refractivity contribution in [2.45, 2.75) is 26.3 Å². The SMILES string of the molecule is CC(=O)N1C[C@H]2CN(Cc3ccsc3)C[C@@]2(C(=O)N2CCCC2)C1. The molecule has 4 heterocycles. The zero-order chi connectivity index (χ0) is 16.7. The Morgan fingerprint density at radius 3 is 2.67 bits per heavy atom. The van der Waals surface area contributed by atoms with Gasteiger partial charge in [-0.25, -0.2) is 0 Å². The van der Waals surface area contributed by atoms with E-state index in [9.17, 15) is 9.59 Å². The molecule has 2 amide bonds. The summed E-state index contributed by atoms with van der Waals surface area (Å²) in [5.41, 5.74) is 0.943. The third-order valence-corrected chi connectivity index (χ3v) is 6.66. The number of carbonyl (C=O) groups is 2. The molecule has 3 aliphatic heterocycles. The van der Waals surface area contributed by atoms with E-state index in [1.165, 1.54) is 5.56 Å². The highest BCUT2D eigenvalue weighted by molar-refractivity contribution is 7.07. The van der Waals surface area contributed by atoms with Crippen LogP contribution in [0, 0.1) is 11.3 Å². The quantitative estimate of drug-likeness (QED) is 0.835. The Balaban J connectivity index is 1.56. The lowest BCUT2D eigenvalue weighted by molar-refractivity contribution is -0.141. The van der Waals surface area contributed by atoms with Crippen LogP contribution in [0.15, 0.2) is 16.8 Å². The monoisotopic (exact) mass is 347 g/mol. The number of hydrogen-bond donors (Lipinski definition) is 0. The van der Waals surface area contributed by atoms with Crippen molar-refractivity contribution in [3.63, 3.8) is 0 Å². The summed E-state index contributed by atoms with van der Waals surface area (Å²) in [6.07, 6.45) is 2.23. The van der Waals surface area contributed by atoms with Gasteiger partial charge < -0.3 is 9.80 Å². The van der Waals surface area contributed by atoms with Crippen molar-refractivity contribution in [2.75, 3.05) is 39.3 Å². The Labute approximate surface area is 147 Å². The van der Waals surface area contributed by atoms with Crippen LogP contribution in [-0.4, -0.2) is 65.8 Å². The molecule has 5 nitrogen and oxygen atoms in total. The minimum Gasteiger partial charge on any atom is -0.342 e. The summed E-state index contributed by atoms with van der Waals surface area (Å²) < 4.78 is 0. The molecule has 130 valence electrons. The third-order valence-electron chi connectivity index (χ3n) is 5.93. The van der Waals surface area contributed by atoms with E-state index < -0.39 is 0 Å². The van der Waals surface area contributed by atoms with Crippen molar-refractivity contribution in [3.05, 3.63) is 22.4 Å². The van der Waals surface area contributed by atoms with Gasteiger partial charge in [0.05, 0.1) is 5.41 Å².